The number of carbonyl (C=O) groups is 3. The Morgan fingerprint density at radius 2 is 1.67 bits per heavy atom. The maximum absolute atomic E-state index is 12.1. The van der Waals surface area contributed by atoms with Gasteiger partial charge in [-0.25, -0.2) is 0 Å². The molecule has 4 heteroatoms. The van der Waals surface area contributed by atoms with Crippen LogP contribution in [-0.4, -0.2) is 23.5 Å². The van der Waals surface area contributed by atoms with Crippen LogP contribution in [0.2, 0.25) is 0 Å². The monoisotopic (exact) mass is 255 g/mol. The smallest absolute Gasteiger partial charge is 0.220 e. The number of carbonyl (C=O) groups excluding carboxylic acids is 3. The fourth-order valence-corrected chi connectivity index (χ4v) is 1.66. The van der Waals surface area contributed by atoms with Crippen molar-refractivity contribution in [2.24, 2.45) is 11.8 Å². The lowest BCUT2D eigenvalue weighted by Gasteiger charge is -2.22. The van der Waals surface area contributed by atoms with Gasteiger partial charge in [0.2, 0.25) is 5.91 Å². The molecule has 4 nitrogen and oxygen atoms in total. The van der Waals surface area contributed by atoms with Crippen LogP contribution in [0.3, 0.4) is 0 Å². The molecule has 0 aliphatic carbocycles. The third-order valence-corrected chi connectivity index (χ3v) is 3.01. The van der Waals surface area contributed by atoms with Gasteiger partial charge >= 0.3 is 0 Å². The fourth-order valence-electron chi connectivity index (χ4n) is 1.66. The molecule has 0 radical (unpaired) electrons. The Labute approximate surface area is 110 Å². The van der Waals surface area contributed by atoms with E-state index in [1.165, 1.54) is 6.92 Å². The van der Waals surface area contributed by atoms with Gasteiger partial charge in [0.15, 0.2) is 5.78 Å². The van der Waals surface area contributed by atoms with Crippen molar-refractivity contribution in [1.29, 1.82) is 0 Å². The Kier molecular flexibility index (Phi) is 7.48. The largest absolute Gasteiger partial charge is 0.346 e. The highest BCUT2D eigenvalue weighted by Crippen LogP contribution is 2.11. The molecule has 0 bridgehead atoms. The molecule has 0 aliphatic heterocycles. The summed E-state index contributed by atoms with van der Waals surface area (Å²) >= 11 is 0. The average Bonchev–Trinajstić information content (AvgIpc) is 2.25. The summed E-state index contributed by atoms with van der Waals surface area (Å²) in [6.45, 7) is 8.94. The van der Waals surface area contributed by atoms with Crippen molar-refractivity contribution in [3.63, 3.8) is 0 Å². The molecule has 18 heavy (non-hydrogen) atoms. The van der Waals surface area contributed by atoms with Gasteiger partial charge in [-0.1, -0.05) is 27.7 Å². The Balaban J connectivity index is 4.55. The fraction of sp³-hybridized carbons (Fsp3) is 0.786. The summed E-state index contributed by atoms with van der Waals surface area (Å²) in [6, 6.07) is -0.481. The van der Waals surface area contributed by atoms with E-state index < -0.39 is 6.04 Å². The van der Waals surface area contributed by atoms with Crippen LogP contribution < -0.4 is 5.32 Å². The highest BCUT2D eigenvalue weighted by Gasteiger charge is 2.25. The molecule has 0 aliphatic rings. The first-order valence-corrected chi connectivity index (χ1v) is 6.62. The minimum absolute atomic E-state index is 0.00532. The van der Waals surface area contributed by atoms with E-state index in [0.29, 0.717) is 6.42 Å². The zero-order chi connectivity index (χ0) is 14.3. The normalized spacial score (nSPS) is 14.1. The third kappa shape index (κ3) is 5.94. The van der Waals surface area contributed by atoms with Crippen LogP contribution in [0.5, 0.6) is 0 Å². The summed E-state index contributed by atoms with van der Waals surface area (Å²) in [4.78, 5) is 34.8. The maximum atomic E-state index is 12.1. The molecule has 0 aromatic rings. The van der Waals surface area contributed by atoms with E-state index in [2.05, 4.69) is 5.32 Å². The van der Waals surface area contributed by atoms with E-state index in [4.69, 9.17) is 0 Å². The third-order valence-electron chi connectivity index (χ3n) is 3.01. The Morgan fingerprint density at radius 1 is 1.11 bits per heavy atom. The highest BCUT2D eigenvalue weighted by molar-refractivity contribution is 5.92. The van der Waals surface area contributed by atoms with E-state index in [9.17, 15) is 14.4 Å². The van der Waals surface area contributed by atoms with E-state index in [1.807, 2.05) is 20.8 Å². The molecule has 1 amide bonds. The summed E-state index contributed by atoms with van der Waals surface area (Å²) in [5.41, 5.74) is 0. The number of hydrogen-bond acceptors (Lipinski definition) is 3. The molecule has 1 N–H and O–H groups in total. The average molecular weight is 255 g/mol. The number of hydrogen-bond donors (Lipinski definition) is 1. The van der Waals surface area contributed by atoms with Gasteiger partial charge in [0.25, 0.3) is 0 Å². The molecular formula is C14H25NO3. The van der Waals surface area contributed by atoms with Gasteiger partial charge in [-0.3, -0.25) is 14.4 Å². The van der Waals surface area contributed by atoms with E-state index >= 15 is 0 Å². The lowest BCUT2D eigenvalue weighted by Crippen LogP contribution is -2.45. The van der Waals surface area contributed by atoms with Crippen molar-refractivity contribution in [2.75, 3.05) is 0 Å². The molecule has 0 spiro atoms. The highest BCUT2D eigenvalue weighted by atomic mass is 16.2. The lowest BCUT2D eigenvalue weighted by atomic mass is 9.91. The second-order valence-corrected chi connectivity index (χ2v) is 5.22. The molecule has 0 saturated heterocycles. The quantitative estimate of drug-likeness (QED) is 0.722. The van der Waals surface area contributed by atoms with Gasteiger partial charge in [-0.05, 0) is 19.3 Å². The number of nitrogens with one attached hydrogen (secondary N) is 1. The standard InChI is InChI=1S/C14H25NO3/c1-6-7-13(18)15-14(9(2)3)12(17)8-10(4)11(5)16/h9-10,14H,6-8H2,1-5H3,(H,15,18)/t10-,14+/m1/s1. The van der Waals surface area contributed by atoms with Gasteiger partial charge < -0.3 is 5.32 Å². The molecule has 0 aromatic heterocycles. The zero-order valence-electron chi connectivity index (χ0n) is 12.1. The van der Waals surface area contributed by atoms with Gasteiger partial charge in [0.1, 0.15) is 5.78 Å². The van der Waals surface area contributed by atoms with Gasteiger partial charge in [0, 0.05) is 18.8 Å². The molecule has 0 fully saturated rings. The van der Waals surface area contributed by atoms with Crippen LogP contribution in [0.15, 0.2) is 0 Å². The summed E-state index contributed by atoms with van der Waals surface area (Å²) in [5.74, 6) is -0.387. The van der Waals surface area contributed by atoms with Crippen LogP contribution in [0.1, 0.15) is 53.9 Å². The molecule has 104 valence electrons. The van der Waals surface area contributed by atoms with Crippen molar-refractivity contribution in [1.82, 2.24) is 5.32 Å². The van der Waals surface area contributed by atoms with Gasteiger partial charge in [0.05, 0.1) is 6.04 Å². The first-order chi connectivity index (χ1) is 8.29. The molecule has 0 unspecified atom stereocenters. The van der Waals surface area contributed by atoms with Crippen molar-refractivity contribution in [3.05, 3.63) is 0 Å². The van der Waals surface area contributed by atoms with Crippen molar-refractivity contribution >= 4 is 17.5 Å². The first-order valence-electron chi connectivity index (χ1n) is 6.62. The minimum atomic E-state index is -0.481. The molecule has 2 atom stereocenters. The number of rotatable bonds is 8. The Morgan fingerprint density at radius 3 is 2.06 bits per heavy atom. The first kappa shape index (κ1) is 16.8. The van der Waals surface area contributed by atoms with E-state index in [1.54, 1.807) is 6.92 Å². The maximum Gasteiger partial charge on any atom is 0.220 e. The molecule has 0 rings (SSSR count). The zero-order valence-corrected chi connectivity index (χ0v) is 12.1. The molecular weight excluding hydrogens is 230 g/mol. The second kappa shape index (κ2) is 8.01. The van der Waals surface area contributed by atoms with Gasteiger partial charge in [-0.2, -0.15) is 0 Å². The molecule has 0 saturated carbocycles. The topological polar surface area (TPSA) is 63.2 Å². The number of amides is 1. The predicted octanol–water partition coefficient (Wildman–Crippen LogP) is 2.11. The van der Waals surface area contributed by atoms with Crippen LogP contribution in [0, 0.1) is 11.8 Å². The van der Waals surface area contributed by atoms with Crippen LogP contribution >= 0.6 is 0 Å². The lowest BCUT2D eigenvalue weighted by molar-refractivity contribution is -0.131. The summed E-state index contributed by atoms with van der Waals surface area (Å²) in [7, 11) is 0. The number of Topliss-reactive ketones (excluding diaryl/α,β-unsaturated/α-hetero) is 2. The SMILES string of the molecule is CCCC(=O)N[C@H](C(=O)C[C@@H](C)C(C)=O)C(C)C. The Hall–Kier alpha value is -1.19. The Bertz CT molecular complexity index is 310. The summed E-state index contributed by atoms with van der Waals surface area (Å²) in [6.07, 6.45) is 1.39. The minimum Gasteiger partial charge on any atom is -0.346 e. The van der Waals surface area contributed by atoms with Gasteiger partial charge in [-0.15, -0.1) is 0 Å². The van der Waals surface area contributed by atoms with E-state index in [-0.39, 0.29) is 35.7 Å². The van der Waals surface area contributed by atoms with Crippen LogP contribution in [0.4, 0.5) is 0 Å². The second-order valence-electron chi connectivity index (χ2n) is 5.22. The molecule has 0 aromatic carbocycles. The van der Waals surface area contributed by atoms with Crippen molar-refractivity contribution in [2.45, 2.75) is 59.9 Å². The van der Waals surface area contributed by atoms with Crippen LogP contribution in [-0.2, 0) is 14.4 Å². The predicted molar refractivity (Wildman–Crippen MR) is 71.1 cm³/mol. The molecule has 0 heterocycles. The summed E-state index contributed by atoms with van der Waals surface area (Å²) in [5, 5.41) is 2.76. The van der Waals surface area contributed by atoms with Crippen LogP contribution in [0.25, 0.3) is 0 Å². The summed E-state index contributed by atoms with van der Waals surface area (Å²) < 4.78 is 0. The van der Waals surface area contributed by atoms with Crippen molar-refractivity contribution in [3.8, 4) is 0 Å². The van der Waals surface area contributed by atoms with E-state index in [0.717, 1.165) is 6.42 Å². The van der Waals surface area contributed by atoms with Crippen molar-refractivity contribution < 1.29 is 14.4 Å². The number of ketones is 2.